The molecule has 0 aliphatic carbocycles. The predicted molar refractivity (Wildman–Crippen MR) is 174 cm³/mol. The topological polar surface area (TPSA) is 57.7 Å². The van der Waals surface area contributed by atoms with Crippen molar-refractivity contribution in [1.29, 1.82) is 0 Å². The van der Waals surface area contributed by atoms with Gasteiger partial charge in [0.25, 0.3) is 17.7 Å². The second-order valence-electron chi connectivity index (χ2n) is 10.4. The third-order valence-corrected chi connectivity index (χ3v) is 12.5. The lowest BCUT2D eigenvalue weighted by molar-refractivity contribution is -0.134. The molecule has 0 aromatic heterocycles. The molecule has 4 aromatic carbocycles. The second kappa shape index (κ2) is 11.2. The van der Waals surface area contributed by atoms with Crippen molar-refractivity contribution in [2.75, 3.05) is 18.5 Å². The fourth-order valence-electron chi connectivity index (χ4n) is 6.04. The van der Waals surface area contributed by atoms with Gasteiger partial charge in [0.05, 0.1) is 22.1 Å². The lowest BCUT2D eigenvalue weighted by atomic mass is 10.00. The number of unbranched alkanes of at least 4 members (excludes halogenated alkanes) is 1. The van der Waals surface area contributed by atoms with Crippen LogP contribution < -0.4 is 20.8 Å². The molecule has 0 unspecified atom stereocenters. The maximum absolute atomic E-state index is 14.5. The van der Waals surface area contributed by atoms with E-state index in [1.807, 2.05) is 97.1 Å². The fraction of sp³-hybridized carbons (Fsp3) is 0.143. The standard InChI is InChI=1S/C35H30ClN2O3P/c1-3-4-22-38-29-21-20-24(36)23-28(29)30(34(38)40)31-32(35(41)37(2)33(31)39)42(25-14-8-5-9-15-25,26-16-10-6-11-17-26)27-18-12-7-13-19-27/h5-21,23H,3-4,22H2,1-2H3/b31-30+. The first-order chi connectivity index (χ1) is 20.4. The van der Waals surface area contributed by atoms with Crippen LogP contribution in [-0.2, 0) is 14.4 Å². The molecule has 7 heteroatoms. The first kappa shape index (κ1) is 28.0. The Bertz CT molecular complexity index is 1700. The van der Waals surface area contributed by atoms with Crippen molar-refractivity contribution in [2.45, 2.75) is 19.8 Å². The molecule has 2 aliphatic rings. The molecule has 0 spiro atoms. The molecule has 0 bridgehead atoms. The quantitative estimate of drug-likeness (QED) is 0.171. The molecule has 42 heavy (non-hydrogen) atoms. The maximum Gasteiger partial charge on any atom is 0.262 e. The lowest BCUT2D eigenvalue weighted by Gasteiger charge is -2.31. The van der Waals surface area contributed by atoms with Crippen LogP contribution in [0.2, 0.25) is 5.02 Å². The van der Waals surface area contributed by atoms with Crippen LogP contribution in [0.15, 0.2) is 115 Å². The van der Waals surface area contributed by atoms with Gasteiger partial charge >= 0.3 is 0 Å². The van der Waals surface area contributed by atoms with Crippen molar-refractivity contribution in [2.24, 2.45) is 0 Å². The number of rotatable bonds is 6. The fourth-order valence-corrected chi connectivity index (χ4v) is 10.7. The first-order valence-electron chi connectivity index (χ1n) is 14.0. The second-order valence-corrected chi connectivity index (χ2v) is 14.2. The zero-order chi connectivity index (χ0) is 29.4. The van der Waals surface area contributed by atoms with E-state index in [1.54, 1.807) is 17.0 Å². The summed E-state index contributed by atoms with van der Waals surface area (Å²) in [5.74, 6) is -1.15. The average molecular weight is 593 g/mol. The number of benzene rings is 4. The number of likely N-dealkylation sites (N-methyl/N-ethyl adjacent to an activating group) is 1. The Balaban J connectivity index is 1.86. The highest BCUT2D eigenvalue weighted by atomic mass is 35.5. The number of nitrogens with zero attached hydrogens (tertiary/aromatic N) is 2. The number of hydrogen-bond donors (Lipinski definition) is 0. The third kappa shape index (κ3) is 4.27. The molecule has 4 aromatic rings. The summed E-state index contributed by atoms with van der Waals surface area (Å²) in [4.78, 5) is 46.0. The molecule has 210 valence electrons. The van der Waals surface area contributed by atoms with Crippen molar-refractivity contribution in [3.8, 4) is 0 Å². The lowest BCUT2D eigenvalue weighted by Crippen LogP contribution is -2.34. The van der Waals surface area contributed by atoms with Gasteiger partial charge in [-0.15, -0.1) is 0 Å². The van der Waals surface area contributed by atoms with Crippen LogP contribution in [0.25, 0.3) is 5.57 Å². The van der Waals surface area contributed by atoms with E-state index in [1.165, 1.54) is 7.05 Å². The molecule has 3 amide bonds. The largest absolute Gasteiger partial charge is 0.308 e. The van der Waals surface area contributed by atoms with Crippen LogP contribution in [0, 0.1) is 0 Å². The zero-order valence-corrected chi connectivity index (χ0v) is 25.1. The number of hydrogen-bond acceptors (Lipinski definition) is 3. The molecule has 5 nitrogen and oxygen atoms in total. The normalized spacial score (nSPS) is 16.9. The number of amides is 3. The summed E-state index contributed by atoms with van der Waals surface area (Å²) in [6, 6.07) is 35.0. The summed E-state index contributed by atoms with van der Waals surface area (Å²) in [6.07, 6.45) is 1.70. The van der Waals surface area contributed by atoms with Gasteiger partial charge in [0.15, 0.2) is 0 Å². The van der Waals surface area contributed by atoms with E-state index in [4.69, 9.17) is 11.6 Å². The highest BCUT2D eigenvalue weighted by Gasteiger charge is 2.49. The van der Waals surface area contributed by atoms with Gasteiger partial charge in [0, 0.05) is 24.2 Å². The van der Waals surface area contributed by atoms with Crippen LogP contribution in [-0.4, -0.2) is 41.5 Å². The van der Waals surface area contributed by atoms with Crippen LogP contribution >= 0.6 is 18.5 Å². The molecule has 6 rings (SSSR count). The van der Waals surface area contributed by atoms with Crippen molar-refractivity contribution < 1.29 is 14.4 Å². The van der Waals surface area contributed by atoms with E-state index in [9.17, 15) is 14.4 Å². The van der Waals surface area contributed by atoms with Gasteiger partial charge in [-0.2, -0.15) is 0 Å². The highest BCUT2D eigenvalue weighted by molar-refractivity contribution is 7.97. The van der Waals surface area contributed by atoms with Gasteiger partial charge in [0.2, 0.25) is 0 Å². The number of carbonyl (C=O) groups excluding carboxylic acids is 3. The van der Waals surface area contributed by atoms with E-state index in [0.29, 0.717) is 28.1 Å². The molecule has 0 N–H and O–H groups in total. The number of fused-ring (bicyclic) bond motifs is 1. The smallest absolute Gasteiger partial charge is 0.262 e. The molecular formula is C35H30ClN2O3P. The highest BCUT2D eigenvalue weighted by Crippen LogP contribution is 2.52. The Morgan fingerprint density at radius 1 is 0.667 bits per heavy atom. The Morgan fingerprint density at radius 3 is 1.69 bits per heavy atom. The maximum atomic E-state index is 14.5. The van der Waals surface area contributed by atoms with Crippen molar-refractivity contribution in [3.05, 3.63) is 125 Å². The van der Waals surface area contributed by atoms with Gasteiger partial charge < -0.3 is 4.90 Å². The van der Waals surface area contributed by atoms with E-state index in [0.717, 1.165) is 33.7 Å². The molecule has 2 aliphatic heterocycles. The SMILES string of the molecule is CCCCN1C(=O)/C(=C2/C(=O)N(C)C(=O)C2=P(c2ccccc2)(c2ccccc2)c2ccccc2)c2cc(Cl)ccc21. The number of carbonyl (C=O) groups is 3. The Kier molecular flexibility index (Phi) is 7.49. The van der Waals surface area contributed by atoms with Gasteiger partial charge in [-0.3, -0.25) is 19.3 Å². The molecule has 1 fully saturated rings. The van der Waals surface area contributed by atoms with Gasteiger partial charge in [-0.05, 0) is 47.4 Å². The van der Waals surface area contributed by atoms with E-state index >= 15 is 0 Å². The summed E-state index contributed by atoms with van der Waals surface area (Å²) < 4.78 is 0. The third-order valence-electron chi connectivity index (χ3n) is 7.99. The summed E-state index contributed by atoms with van der Waals surface area (Å²) in [7, 11) is 1.50. The zero-order valence-electron chi connectivity index (χ0n) is 23.5. The predicted octanol–water partition coefficient (Wildman–Crippen LogP) is 5.41. The minimum absolute atomic E-state index is 0.167. The van der Waals surface area contributed by atoms with Crippen molar-refractivity contribution in [3.63, 3.8) is 0 Å². The van der Waals surface area contributed by atoms with Crippen LogP contribution in [0.4, 0.5) is 5.69 Å². The summed E-state index contributed by atoms with van der Waals surface area (Å²) in [6.45, 7) is -0.414. The Hall–Kier alpha value is -4.18. The molecule has 1 saturated heterocycles. The van der Waals surface area contributed by atoms with Gasteiger partial charge in [-0.1, -0.05) is 116 Å². The number of halogens is 1. The van der Waals surface area contributed by atoms with E-state index < -0.39 is 18.7 Å². The Labute approximate surface area is 251 Å². The molecule has 0 atom stereocenters. The minimum atomic E-state index is -2.99. The number of imide groups is 1. The monoisotopic (exact) mass is 592 g/mol. The van der Waals surface area contributed by atoms with E-state index in [-0.39, 0.29) is 17.1 Å². The van der Waals surface area contributed by atoms with Crippen LogP contribution in [0.1, 0.15) is 25.3 Å². The van der Waals surface area contributed by atoms with Crippen molar-refractivity contribution >= 4 is 68.7 Å². The van der Waals surface area contributed by atoms with Crippen LogP contribution in [0.5, 0.6) is 0 Å². The van der Waals surface area contributed by atoms with Crippen molar-refractivity contribution in [1.82, 2.24) is 4.90 Å². The molecular weight excluding hydrogens is 563 g/mol. The first-order valence-corrected chi connectivity index (χ1v) is 16.2. The Morgan fingerprint density at radius 2 is 1.19 bits per heavy atom. The minimum Gasteiger partial charge on any atom is -0.308 e. The van der Waals surface area contributed by atoms with E-state index in [2.05, 4.69) is 6.92 Å². The van der Waals surface area contributed by atoms with Gasteiger partial charge in [-0.25, -0.2) is 0 Å². The molecule has 0 radical (unpaired) electrons. The van der Waals surface area contributed by atoms with Gasteiger partial charge in [0.1, 0.15) is 0 Å². The van der Waals surface area contributed by atoms with Crippen LogP contribution in [0.3, 0.4) is 0 Å². The molecule has 0 saturated carbocycles. The summed E-state index contributed by atoms with van der Waals surface area (Å²) in [5.41, 5.74) is 1.70. The number of anilines is 1. The summed E-state index contributed by atoms with van der Waals surface area (Å²) >= 11 is 6.49. The summed E-state index contributed by atoms with van der Waals surface area (Å²) in [5, 5.41) is 3.59. The molecule has 2 heterocycles. The average Bonchev–Trinajstić information content (AvgIpc) is 3.41. The number of likely N-dealkylation sites (tertiary alicyclic amines) is 1.